The summed E-state index contributed by atoms with van der Waals surface area (Å²) >= 11 is 6.14. The highest BCUT2D eigenvalue weighted by atomic mass is 35.5. The molecule has 0 amide bonds. The molecule has 0 radical (unpaired) electrons. The maximum atomic E-state index is 6.14. The van der Waals surface area contributed by atoms with Gasteiger partial charge in [-0.15, -0.1) is 0 Å². The van der Waals surface area contributed by atoms with Gasteiger partial charge in [0.2, 0.25) is 0 Å². The first-order chi connectivity index (χ1) is 10.3. The third kappa shape index (κ3) is 8.36. The SMILES string of the molecule is COCCOCCOCCOCc1ccc(CN)cc1Cl. The summed E-state index contributed by atoms with van der Waals surface area (Å²) in [6.07, 6.45) is 0. The molecule has 0 aliphatic carbocycles. The maximum Gasteiger partial charge on any atom is 0.0732 e. The average Bonchev–Trinajstić information content (AvgIpc) is 2.50. The average molecular weight is 318 g/mol. The van der Waals surface area contributed by atoms with Crippen molar-refractivity contribution in [2.24, 2.45) is 5.73 Å². The largest absolute Gasteiger partial charge is 0.382 e. The number of hydrogen-bond acceptors (Lipinski definition) is 5. The fourth-order valence-corrected chi connectivity index (χ4v) is 1.86. The summed E-state index contributed by atoms with van der Waals surface area (Å²) in [7, 11) is 1.65. The molecule has 120 valence electrons. The molecular weight excluding hydrogens is 294 g/mol. The Bertz CT molecular complexity index is 390. The van der Waals surface area contributed by atoms with Crippen molar-refractivity contribution in [2.75, 3.05) is 46.8 Å². The lowest BCUT2D eigenvalue weighted by molar-refractivity contribution is 0.000877. The molecule has 0 aliphatic rings. The molecule has 5 nitrogen and oxygen atoms in total. The van der Waals surface area contributed by atoms with Crippen LogP contribution in [0.25, 0.3) is 0 Å². The summed E-state index contributed by atoms with van der Waals surface area (Å²) in [6, 6.07) is 5.77. The zero-order chi connectivity index (χ0) is 15.3. The first kappa shape index (κ1) is 18.4. The second-order valence-corrected chi connectivity index (χ2v) is 4.81. The number of methoxy groups -OCH3 is 1. The molecule has 1 aromatic carbocycles. The maximum absolute atomic E-state index is 6.14. The summed E-state index contributed by atoms with van der Waals surface area (Å²) in [5, 5.41) is 0.686. The molecule has 0 heterocycles. The molecular formula is C15H24ClNO4. The van der Waals surface area contributed by atoms with Crippen LogP contribution in [0.2, 0.25) is 5.02 Å². The van der Waals surface area contributed by atoms with Crippen LogP contribution >= 0.6 is 11.6 Å². The highest BCUT2D eigenvalue weighted by Crippen LogP contribution is 2.18. The van der Waals surface area contributed by atoms with Crippen LogP contribution in [0.1, 0.15) is 11.1 Å². The normalized spacial score (nSPS) is 11.0. The summed E-state index contributed by atoms with van der Waals surface area (Å²) in [6.45, 7) is 4.33. The number of benzene rings is 1. The van der Waals surface area contributed by atoms with Crippen LogP contribution in [-0.4, -0.2) is 46.8 Å². The van der Waals surface area contributed by atoms with E-state index in [0.717, 1.165) is 11.1 Å². The van der Waals surface area contributed by atoms with Crippen molar-refractivity contribution in [1.82, 2.24) is 0 Å². The quantitative estimate of drug-likeness (QED) is 0.597. The van der Waals surface area contributed by atoms with E-state index in [1.165, 1.54) is 0 Å². The molecule has 6 heteroatoms. The van der Waals surface area contributed by atoms with Gasteiger partial charge in [-0.3, -0.25) is 0 Å². The van der Waals surface area contributed by atoms with E-state index in [9.17, 15) is 0 Å². The van der Waals surface area contributed by atoms with Gasteiger partial charge in [-0.2, -0.15) is 0 Å². The van der Waals surface area contributed by atoms with Crippen LogP contribution in [0.3, 0.4) is 0 Å². The summed E-state index contributed by atoms with van der Waals surface area (Å²) in [5.41, 5.74) is 7.52. The van der Waals surface area contributed by atoms with E-state index in [-0.39, 0.29) is 0 Å². The number of nitrogens with two attached hydrogens (primary N) is 1. The van der Waals surface area contributed by atoms with Crippen LogP contribution in [-0.2, 0) is 32.1 Å². The second-order valence-electron chi connectivity index (χ2n) is 4.40. The molecule has 0 aliphatic heterocycles. The van der Waals surface area contributed by atoms with Crippen LogP contribution in [0.4, 0.5) is 0 Å². The lowest BCUT2D eigenvalue weighted by Crippen LogP contribution is -2.11. The van der Waals surface area contributed by atoms with Crippen LogP contribution in [0, 0.1) is 0 Å². The molecule has 0 bridgehead atoms. The van der Waals surface area contributed by atoms with E-state index < -0.39 is 0 Å². The fraction of sp³-hybridized carbons (Fsp3) is 0.600. The third-order valence-corrected chi connectivity index (χ3v) is 3.14. The highest BCUT2D eigenvalue weighted by Gasteiger charge is 2.01. The molecule has 0 saturated carbocycles. The Morgan fingerprint density at radius 3 is 2.14 bits per heavy atom. The molecule has 21 heavy (non-hydrogen) atoms. The second kappa shape index (κ2) is 11.9. The minimum absolute atomic E-state index is 0.470. The van der Waals surface area contributed by atoms with E-state index in [0.29, 0.717) is 57.8 Å². The van der Waals surface area contributed by atoms with E-state index in [2.05, 4.69) is 0 Å². The van der Waals surface area contributed by atoms with Gasteiger partial charge in [-0.05, 0) is 17.2 Å². The molecule has 0 aromatic heterocycles. The molecule has 0 unspecified atom stereocenters. The zero-order valence-electron chi connectivity index (χ0n) is 12.5. The topological polar surface area (TPSA) is 62.9 Å². The van der Waals surface area contributed by atoms with Gasteiger partial charge in [0, 0.05) is 18.7 Å². The third-order valence-electron chi connectivity index (χ3n) is 2.79. The Kier molecular flexibility index (Phi) is 10.4. The van der Waals surface area contributed by atoms with Crippen molar-refractivity contribution in [3.8, 4) is 0 Å². The highest BCUT2D eigenvalue weighted by molar-refractivity contribution is 6.31. The van der Waals surface area contributed by atoms with E-state index in [1.54, 1.807) is 7.11 Å². The predicted molar refractivity (Wildman–Crippen MR) is 82.5 cm³/mol. The summed E-state index contributed by atoms with van der Waals surface area (Å²) < 4.78 is 21.0. The Hall–Kier alpha value is -0.690. The minimum Gasteiger partial charge on any atom is -0.382 e. The van der Waals surface area contributed by atoms with E-state index in [1.807, 2.05) is 18.2 Å². The van der Waals surface area contributed by atoms with Gasteiger partial charge in [-0.1, -0.05) is 23.7 Å². The van der Waals surface area contributed by atoms with Crippen molar-refractivity contribution in [3.05, 3.63) is 34.3 Å². The van der Waals surface area contributed by atoms with Gasteiger partial charge < -0.3 is 24.7 Å². The number of halogens is 1. The van der Waals surface area contributed by atoms with Crippen molar-refractivity contribution < 1.29 is 18.9 Å². The number of hydrogen-bond donors (Lipinski definition) is 1. The Morgan fingerprint density at radius 1 is 0.952 bits per heavy atom. The lowest BCUT2D eigenvalue weighted by Gasteiger charge is -2.08. The Labute approximate surface area is 131 Å². The first-order valence-corrected chi connectivity index (χ1v) is 7.35. The fourth-order valence-electron chi connectivity index (χ4n) is 1.60. The van der Waals surface area contributed by atoms with Crippen LogP contribution in [0.15, 0.2) is 18.2 Å². The molecule has 0 fully saturated rings. The standard InChI is InChI=1S/C15H24ClNO4/c1-18-4-5-19-6-7-20-8-9-21-12-14-3-2-13(11-17)10-15(14)16/h2-3,10H,4-9,11-12,17H2,1H3. The van der Waals surface area contributed by atoms with Gasteiger partial charge in [0.1, 0.15) is 0 Å². The molecule has 1 rings (SSSR count). The van der Waals surface area contributed by atoms with E-state index >= 15 is 0 Å². The van der Waals surface area contributed by atoms with Gasteiger partial charge in [0.25, 0.3) is 0 Å². The Morgan fingerprint density at radius 2 is 1.57 bits per heavy atom. The van der Waals surface area contributed by atoms with Crippen LogP contribution in [0.5, 0.6) is 0 Å². The predicted octanol–water partition coefficient (Wildman–Crippen LogP) is 1.99. The van der Waals surface area contributed by atoms with Gasteiger partial charge >= 0.3 is 0 Å². The minimum atomic E-state index is 0.470. The van der Waals surface area contributed by atoms with Gasteiger partial charge in [0.05, 0.1) is 46.2 Å². The van der Waals surface area contributed by atoms with Gasteiger partial charge in [-0.25, -0.2) is 0 Å². The molecule has 0 atom stereocenters. The molecule has 0 spiro atoms. The first-order valence-electron chi connectivity index (χ1n) is 6.97. The summed E-state index contributed by atoms with van der Waals surface area (Å²) in [4.78, 5) is 0. The van der Waals surface area contributed by atoms with Crippen molar-refractivity contribution >= 4 is 11.6 Å². The van der Waals surface area contributed by atoms with Gasteiger partial charge in [0.15, 0.2) is 0 Å². The number of rotatable bonds is 12. The molecule has 1 aromatic rings. The van der Waals surface area contributed by atoms with Crippen LogP contribution < -0.4 is 5.73 Å². The Balaban J connectivity index is 2.01. The van der Waals surface area contributed by atoms with E-state index in [4.69, 9.17) is 36.3 Å². The molecule has 2 N–H and O–H groups in total. The van der Waals surface area contributed by atoms with Crippen molar-refractivity contribution in [1.29, 1.82) is 0 Å². The zero-order valence-corrected chi connectivity index (χ0v) is 13.2. The monoisotopic (exact) mass is 317 g/mol. The smallest absolute Gasteiger partial charge is 0.0732 e. The van der Waals surface area contributed by atoms with Crippen molar-refractivity contribution in [3.63, 3.8) is 0 Å². The lowest BCUT2D eigenvalue weighted by atomic mass is 10.1. The van der Waals surface area contributed by atoms with Crippen molar-refractivity contribution in [2.45, 2.75) is 13.2 Å². The summed E-state index contributed by atoms with van der Waals surface area (Å²) in [5.74, 6) is 0. The number of ether oxygens (including phenoxy) is 4. The molecule has 0 saturated heterocycles.